The fourth-order valence-corrected chi connectivity index (χ4v) is 4.14. The van der Waals surface area contributed by atoms with Gasteiger partial charge in [0.2, 0.25) is 0 Å². The van der Waals surface area contributed by atoms with Gasteiger partial charge in [0.25, 0.3) is 5.56 Å². The highest BCUT2D eigenvalue weighted by molar-refractivity contribution is 7.60. The highest BCUT2D eigenvalue weighted by atomic mass is 31.3. The molecule has 2 aromatic rings. The van der Waals surface area contributed by atoms with E-state index in [1.807, 2.05) is 0 Å². The number of aliphatic hydroxyl groups excluding tert-OH is 3. The van der Waals surface area contributed by atoms with E-state index < -0.39 is 46.6 Å². The second-order valence-corrected chi connectivity index (χ2v) is 9.15. The van der Waals surface area contributed by atoms with E-state index >= 15 is 0 Å². The van der Waals surface area contributed by atoms with Crippen molar-refractivity contribution in [3.8, 4) is 0 Å². The first-order chi connectivity index (χ1) is 15.1. The van der Waals surface area contributed by atoms with E-state index in [-0.39, 0.29) is 17.5 Å². The molecule has 0 aromatic carbocycles. The van der Waals surface area contributed by atoms with Crippen LogP contribution >= 0.6 is 15.6 Å². The molecule has 0 bridgehead atoms. The Bertz CT molecular complexity index is 1170. The molecule has 33 heavy (non-hydrogen) atoms. The predicted octanol–water partition coefficient (Wildman–Crippen LogP) is -4.22. The number of aryl methyl sites for hydroxylation is 1. The minimum absolute atomic E-state index is 0.0184. The molecule has 5 atom stereocenters. The van der Waals surface area contributed by atoms with Crippen molar-refractivity contribution < 1.29 is 52.8 Å². The molecule has 0 aliphatic carbocycles. The maximum Gasteiger partial charge on any atom is 0.481 e. The van der Waals surface area contributed by atoms with Gasteiger partial charge in [-0.25, -0.2) is 18.9 Å². The molecule has 9 N–H and O–H groups in total. The molecule has 0 saturated carbocycles. The molecule has 188 valence electrons. The normalized spacial score (nSPS) is 17.4. The maximum atomic E-state index is 11.4. The van der Waals surface area contributed by atoms with Gasteiger partial charge in [0.15, 0.2) is 5.65 Å². The standard InChI is InChI=1S/C7H8N4O2.C6H15NO11P2/c1-10-5-4(8-3-9-5)6(12)11(2)7(10)13;7-3(1-8)6(5(11)4(10)2-9)17-20(15,16)18-19(12,13)14/h3H,1-2H3,(H,8,9);1,3-6,9-11H,2,7H2,(H,15,16)(H2,12,13,14)/t;3-,4+,5+,6+/m.0/s1. The van der Waals surface area contributed by atoms with Gasteiger partial charge in [0.05, 0.1) is 19.0 Å². The third-order valence-electron chi connectivity index (χ3n) is 3.95. The number of nitrogens with zero attached hydrogens (tertiary/aromatic N) is 3. The molecule has 0 spiro atoms. The maximum absolute atomic E-state index is 11.4. The van der Waals surface area contributed by atoms with Crippen molar-refractivity contribution in [2.24, 2.45) is 19.8 Å². The monoisotopic (exact) mass is 519 g/mol. The highest BCUT2D eigenvalue weighted by Crippen LogP contribution is 2.58. The number of carbonyl (C=O) groups is 1. The number of aromatic amines is 1. The van der Waals surface area contributed by atoms with Gasteiger partial charge in [-0.15, -0.1) is 0 Å². The lowest BCUT2D eigenvalue weighted by atomic mass is 10.0. The van der Waals surface area contributed by atoms with Crippen LogP contribution in [-0.2, 0) is 36.9 Å². The van der Waals surface area contributed by atoms with Gasteiger partial charge >= 0.3 is 21.3 Å². The van der Waals surface area contributed by atoms with Crippen molar-refractivity contribution in [3.05, 3.63) is 27.2 Å². The lowest BCUT2D eigenvalue weighted by Gasteiger charge is -2.29. The third kappa shape index (κ3) is 7.73. The number of hydrogen-bond acceptors (Lipinski definition) is 12. The van der Waals surface area contributed by atoms with Gasteiger partial charge in [-0.2, -0.15) is 4.31 Å². The Balaban J connectivity index is 0.000000357. The first-order valence-electron chi connectivity index (χ1n) is 8.61. The summed E-state index contributed by atoms with van der Waals surface area (Å²) in [5, 5.41) is 27.2. The molecular formula is C13H23N5O13P2. The van der Waals surface area contributed by atoms with E-state index in [9.17, 15) is 28.6 Å². The quantitative estimate of drug-likeness (QED) is 0.115. The topological polar surface area (TPSA) is 290 Å². The molecule has 0 saturated heterocycles. The van der Waals surface area contributed by atoms with Crippen molar-refractivity contribution in [1.82, 2.24) is 19.1 Å². The molecular weight excluding hydrogens is 496 g/mol. The Labute approximate surface area is 183 Å². The number of rotatable bonds is 9. The number of phosphoric ester groups is 1. The van der Waals surface area contributed by atoms with Crippen LogP contribution in [0.15, 0.2) is 15.9 Å². The van der Waals surface area contributed by atoms with Crippen LogP contribution in [0.2, 0.25) is 0 Å². The Morgan fingerprint density at radius 3 is 2.27 bits per heavy atom. The number of nitrogens with two attached hydrogens (primary N) is 1. The smallest absolute Gasteiger partial charge is 0.394 e. The largest absolute Gasteiger partial charge is 0.481 e. The first-order valence-corrected chi connectivity index (χ1v) is 11.6. The number of aldehydes is 1. The summed E-state index contributed by atoms with van der Waals surface area (Å²) in [6, 6.07) is -1.74. The zero-order chi connectivity index (χ0) is 25.7. The summed E-state index contributed by atoms with van der Waals surface area (Å²) < 4.78 is 31.7. The average Bonchev–Trinajstić information content (AvgIpc) is 3.22. The van der Waals surface area contributed by atoms with Crippen LogP contribution in [0.4, 0.5) is 0 Å². The van der Waals surface area contributed by atoms with Crippen LogP contribution in [0.5, 0.6) is 0 Å². The molecule has 2 heterocycles. The Morgan fingerprint density at radius 1 is 1.21 bits per heavy atom. The number of aliphatic hydroxyl groups is 3. The lowest BCUT2D eigenvalue weighted by Crippen LogP contribution is -2.51. The van der Waals surface area contributed by atoms with Gasteiger partial charge in [0, 0.05) is 14.1 Å². The van der Waals surface area contributed by atoms with Crippen molar-refractivity contribution in [1.29, 1.82) is 0 Å². The molecule has 0 fully saturated rings. The van der Waals surface area contributed by atoms with E-state index in [4.69, 9.17) is 30.6 Å². The minimum atomic E-state index is -5.40. The Morgan fingerprint density at radius 2 is 1.79 bits per heavy atom. The van der Waals surface area contributed by atoms with Crippen molar-refractivity contribution in [2.75, 3.05) is 6.61 Å². The molecule has 20 heteroatoms. The van der Waals surface area contributed by atoms with Crippen LogP contribution < -0.4 is 17.0 Å². The number of aromatic nitrogens is 4. The number of nitrogens with one attached hydrogen (secondary N) is 1. The molecule has 0 amide bonds. The van der Waals surface area contributed by atoms with E-state index in [0.717, 1.165) is 4.57 Å². The number of H-pyrrole nitrogens is 1. The SMILES string of the molecule is Cn1c(=O)c2[nH]cnc2n(C)c1=O.N[C@@H](C=O)[C@@H](OP(=O)(O)OP(=O)(O)O)[C@H](O)[C@H](O)CO. The summed E-state index contributed by atoms with van der Waals surface area (Å²) in [7, 11) is -7.79. The zero-order valence-corrected chi connectivity index (χ0v) is 18.8. The van der Waals surface area contributed by atoms with Gasteiger partial charge < -0.3 is 45.5 Å². The van der Waals surface area contributed by atoms with Crippen LogP contribution in [-0.4, -0.2) is 86.3 Å². The molecule has 1 unspecified atom stereocenters. The zero-order valence-electron chi connectivity index (χ0n) is 17.0. The molecule has 2 rings (SSSR count). The van der Waals surface area contributed by atoms with E-state index in [1.54, 1.807) is 7.05 Å². The highest BCUT2D eigenvalue weighted by Gasteiger charge is 2.41. The Hall–Kier alpha value is -2.08. The van der Waals surface area contributed by atoms with Gasteiger partial charge in [-0.05, 0) is 0 Å². The average molecular weight is 519 g/mol. The predicted molar refractivity (Wildman–Crippen MR) is 108 cm³/mol. The van der Waals surface area contributed by atoms with Crippen LogP contribution in [0.1, 0.15) is 0 Å². The van der Waals surface area contributed by atoms with Crippen LogP contribution in [0.25, 0.3) is 11.2 Å². The van der Waals surface area contributed by atoms with E-state index in [2.05, 4.69) is 18.8 Å². The third-order valence-corrected chi connectivity index (χ3v) is 6.13. The fourth-order valence-electron chi connectivity index (χ4n) is 2.34. The lowest BCUT2D eigenvalue weighted by molar-refractivity contribution is -0.117. The van der Waals surface area contributed by atoms with Crippen molar-refractivity contribution in [2.45, 2.75) is 24.4 Å². The van der Waals surface area contributed by atoms with Crippen molar-refractivity contribution >= 4 is 33.1 Å². The summed E-state index contributed by atoms with van der Waals surface area (Å²) in [5.74, 6) is 0. The minimum Gasteiger partial charge on any atom is -0.394 e. The van der Waals surface area contributed by atoms with E-state index in [0.29, 0.717) is 11.2 Å². The van der Waals surface area contributed by atoms with Gasteiger partial charge in [-0.3, -0.25) is 18.5 Å². The van der Waals surface area contributed by atoms with Gasteiger partial charge in [-0.1, -0.05) is 0 Å². The van der Waals surface area contributed by atoms with Crippen LogP contribution in [0.3, 0.4) is 0 Å². The molecule has 0 aliphatic heterocycles. The summed E-state index contributed by atoms with van der Waals surface area (Å²) in [4.78, 5) is 65.7. The fraction of sp³-hybridized carbons (Fsp3) is 0.538. The summed E-state index contributed by atoms with van der Waals surface area (Å²) in [6.45, 7) is -0.998. The van der Waals surface area contributed by atoms with Crippen molar-refractivity contribution in [3.63, 3.8) is 0 Å². The van der Waals surface area contributed by atoms with Gasteiger partial charge in [0.1, 0.15) is 30.1 Å². The van der Waals surface area contributed by atoms with Crippen LogP contribution in [0, 0.1) is 0 Å². The molecule has 18 nitrogen and oxygen atoms in total. The number of imidazole rings is 1. The number of carbonyl (C=O) groups excluding carboxylic acids is 1. The second-order valence-electron chi connectivity index (χ2n) is 6.37. The summed E-state index contributed by atoms with van der Waals surface area (Å²) in [5.41, 5.74) is 5.17. The number of fused-ring (bicyclic) bond motifs is 1. The first kappa shape index (κ1) is 29.0. The summed E-state index contributed by atoms with van der Waals surface area (Å²) >= 11 is 0. The van der Waals surface area contributed by atoms with E-state index in [1.165, 1.54) is 17.9 Å². The number of hydrogen-bond donors (Lipinski definition) is 8. The molecule has 0 radical (unpaired) electrons. The Kier molecular flexibility index (Phi) is 9.97. The number of phosphoric acid groups is 2. The molecule has 2 aromatic heterocycles. The summed E-state index contributed by atoms with van der Waals surface area (Å²) in [6.07, 6.45) is -4.67. The molecule has 0 aliphatic rings. The second kappa shape index (κ2) is 11.4.